The molecule has 0 saturated heterocycles. The van der Waals surface area contributed by atoms with Gasteiger partial charge in [-0.2, -0.15) is 0 Å². The van der Waals surface area contributed by atoms with Gasteiger partial charge in [-0.05, 0) is 36.4 Å². The summed E-state index contributed by atoms with van der Waals surface area (Å²) in [5, 5.41) is 3.51. The third kappa shape index (κ3) is 1.96. The van der Waals surface area contributed by atoms with Gasteiger partial charge in [-0.1, -0.05) is 36.4 Å². The minimum Gasteiger partial charge on any atom is -0.496 e. The Labute approximate surface area is 145 Å². The number of methoxy groups -OCH3 is 1. The number of hydrogen-bond acceptors (Lipinski definition) is 2. The maximum absolute atomic E-state index is 5.53. The average molecular weight is 324 g/mol. The molecular formula is C22H16N2O. The molecule has 2 aromatic heterocycles. The van der Waals surface area contributed by atoms with E-state index < -0.39 is 0 Å². The zero-order chi connectivity index (χ0) is 16.8. The lowest BCUT2D eigenvalue weighted by Gasteiger charge is -2.12. The second-order valence-corrected chi connectivity index (χ2v) is 6.06. The largest absolute Gasteiger partial charge is 0.496 e. The summed E-state index contributed by atoms with van der Waals surface area (Å²) in [4.78, 5) is 4.66. The van der Waals surface area contributed by atoms with Crippen molar-refractivity contribution in [3.05, 3.63) is 79.0 Å². The Morgan fingerprint density at radius 3 is 2.04 bits per heavy atom. The van der Waals surface area contributed by atoms with E-state index in [1.54, 1.807) is 7.11 Å². The molecule has 5 rings (SSSR count). The van der Waals surface area contributed by atoms with Gasteiger partial charge in [0, 0.05) is 22.4 Å². The molecule has 0 atom stereocenters. The lowest BCUT2D eigenvalue weighted by molar-refractivity contribution is 0.419. The van der Waals surface area contributed by atoms with Crippen LogP contribution in [0.25, 0.3) is 38.4 Å². The van der Waals surface area contributed by atoms with Crippen LogP contribution in [0, 0.1) is 0 Å². The van der Waals surface area contributed by atoms with Crippen LogP contribution < -0.4 is 4.74 Å². The molecule has 3 nitrogen and oxygen atoms in total. The van der Waals surface area contributed by atoms with Crippen molar-refractivity contribution in [1.29, 1.82) is 0 Å². The molecule has 2 heterocycles. The molecule has 120 valence electrons. The lowest BCUT2D eigenvalue weighted by atomic mass is 10.1. The number of benzene rings is 3. The van der Waals surface area contributed by atoms with Crippen LogP contribution in [0.15, 0.2) is 79.0 Å². The highest BCUT2D eigenvalue weighted by Gasteiger charge is 2.15. The summed E-state index contributed by atoms with van der Waals surface area (Å²) in [6, 6.07) is 25.1. The van der Waals surface area contributed by atoms with E-state index in [9.17, 15) is 0 Å². The van der Waals surface area contributed by atoms with E-state index in [1.165, 1.54) is 21.8 Å². The predicted octanol–water partition coefficient (Wildman–Crippen LogP) is 5.34. The maximum Gasteiger partial charge on any atom is 0.128 e. The number of ether oxygens (including phenoxy) is 1. The van der Waals surface area contributed by atoms with Gasteiger partial charge in [-0.25, -0.2) is 0 Å². The van der Waals surface area contributed by atoms with Crippen LogP contribution in [0.4, 0.5) is 0 Å². The SMILES string of the molecule is COc1ccc(-n2c3ccccc3c3ccccc32)c2ncccc12. The van der Waals surface area contributed by atoms with Crippen LogP contribution in [-0.4, -0.2) is 16.7 Å². The molecule has 3 heteroatoms. The molecule has 0 bridgehead atoms. The first-order valence-corrected chi connectivity index (χ1v) is 8.29. The molecule has 3 aromatic carbocycles. The highest BCUT2D eigenvalue weighted by atomic mass is 16.5. The first-order chi connectivity index (χ1) is 12.4. The van der Waals surface area contributed by atoms with Gasteiger partial charge in [-0.15, -0.1) is 0 Å². The Morgan fingerprint density at radius 2 is 1.36 bits per heavy atom. The van der Waals surface area contributed by atoms with E-state index in [2.05, 4.69) is 70.2 Å². The van der Waals surface area contributed by atoms with Gasteiger partial charge in [0.15, 0.2) is 0 Å². The monoisotopic (exact) mass is 324 g/mol. The molecule has 0 saturated carbocycles. The fourth-order valence-electron chi connectivity index (χ4n) is 3.67. The van der Waals surface area contributed by atoms with Crippen LogP contribution in [0.1, 0.15) is 0 Å². The Hall–Kier alpha value is -3.33. The zero-order valence-corrected chi connectivity index (χ0v) is 13.8. The lowest BCUT2D eigenvalue weighted by Crippen LogP contribution is -1.97. The van der Waals surface area contributed by atoms with Crippen molar-refractivity contribution in [3.8, 4) is 11.4 Å². The molecular weight excluding hydrogens is 308 g/mol. The van der Waals surface area contributed by atoms with Crippen LogP contribution in [0.2, 0.25) is 0 Å². The number of nitrogens with zero attached hydrogens (tertiary/aromatic N) is 2. The molecule has 0 unspecified atom stereocenters. The molecule has 0 N–H and O–H groups in total. The molecule has 5 aromatic rings. The zero-order valence-electron chi connectivity index (χ0n) is 13.8. The van der Waals surface area contributed by atoms with Crippen molar-refractivity contribution in [1.82, 2.24) is 9.55 Å². The van der Waals surface area contributed by atoms with Gasteiger partial charge in [0.25, 0.3) is 0 Å². The molecule has 0 aliphatic rings. The first kappa shape index (κ1) is 14.1. The second-order valence-electron chi connectivity index (χ2n) is 6.06. The molecule has 0 spiro atoms. The van der Waals surface area contributed by atoms with Crippen molar-refractivity contribution in [3.63, 3.8) is 0 Å². The Balaban J connectivity index is 1.98. The highest BCUT2D eigenvalue weighted by molar-refractivity contribution is 6.10. The molecule has 0 aliphatic heterocycles. The van der Waals surface area contributed by atoms with E-state index in [0.717, 1.165) is 22.3 Å². The van der Waals surface area contributed by atoms with Crippen LogP contribution in [0.3, 0.4) is 0 Å². The third-order valence-corrected chi connectivity index (χ3v) is 4.75. The molecule has 0 aliphatic carbocycles. The quantitative estimate of drug-likeness (QED) is 0.438. The van der Waals surface area contributed by atoms with Crippen molar-refractivity contribution in [2.24, 2.45) is 0 Å². The number of fused-ring (bicyclic) bond motifs is 4. The van der Waals surface area contributed by atoms with Crippen molar-refractivity contribution < 1.29 is 4.74 Å². The summed E-state index contributed by atoms with van der Waals surface area (Å²) in [7, 11) is 1.70. The summed E-state index contributed by atoms with van der Waals surface area (Å²) >= 11 is 0. The number of hydrogen-bond donors (Lipinski definition) is 0. The van der Waals surface area contributed by atoms with Crippen molar-refractivity contribution in [2.75, 3.05) is 7.11 Å². The van der Waals surface area contributed by atoms with E-state index in [1.807, 2.05) is 18.3 Å². The maximum atomic E-state index is 5.53. The van der Waals surface area contributed by atoms with E-state index in [4.69, 9.17) is 4.74 Å². The Bertz CT molecular complexity index is 1180. The van der Waals surface area contributed by atoms with Crippen molar-refractivity contribution in [2.45, 2.75) is 0 Å². The van der Waals surface area contributed by atoms with Gasteiger partial charge in [0.2, 0.25) is 0 Å². The van der Waals surface area contributed by atoms with Crippen LogP contribution in [-0.2, 0) is 0 Å². The summed E-state index contributed by atoms with van der Waals surface area (Å²) in [6.07, 6.45) is 1.83. The Morgan fingerprint density at radius 1 is 0.720 bits per heavy atom. The second kappa shape index (κ2) is 5.35. The van der Waals surface area contributed by atoms with Gasteiger partial charge < -0.3 is 9.30 Å². The van der Waals surface area contributed by atoms with E-state index in [0.29, 0.717) is 0 Å². The molecule has 0 amide bonds. The summed E-state index contributed by atoms with van der Waals surface area (Å²) < 4.78 is 7.82. The van der Waals surface area contributed by atoms with Gasteiger partial charge in [0.05, 0.1) is 29.3 Å². The topological polar surface area (TPSA) is 27.1 Å². The number of para-hydroxylation sites is 2. The number of rotatable bonds is 2. The summed E-state index contributed by atoms with van der Waals surface area (Å²) in [6.45, 7) is 0. The number of aromatic nitrogens is 2. The van der Waals surface area contributed by atoms with Gasteiger partial charge in [-0.3, -0.25) is 4.98 Å². The molecule has 25 heavy (non-hydrogen) atoms. The van der Waals surface area contributed by atoms with Gasteiger partial charge >= 0.3 is 0 Å². The molecule has 0 radical (unpaired) electrons. The fraction of sp³-hybridized carbons (Fsp3) is 0.0455. The van der Waals surface area contributed by atoms with Gasteiger partial charge in [0.1, 0.15) is 5.75 Å². The van der Waals surface area contributed by atoms with E-state index in [-0.39, 0.29) is 0 Å². The fourth-order valence-corrected chi connectivity index (χ4v) is 3.67. The standard InChI is InChI=1S/C22H16N2O/c1-25-21-13-12-20(22-17(21)9-6-14-23-22)24-18-10-4-2-7-15(18)16-8-3-5-11-19(16)24/h2-14H,1H3. The number of pyridine rings is 1. The van der Waals surface area contributed by atoms with Crippen LogP contribution in [0.5, 0.6) is 5.75 Å². The average Bonchev–Trinajstić information content (AvgIpc) is 3.02. The minimum atomic E-state index is 0.840. The van der Waals surface area contributed by atoms with Crippen molar-refractivity contribution >= 4 is 32.7 Å². The predicted molar refractivity (Wildman–Crippen MR) is 103 cm³/mol. The smallest absolute Gasteiger partial charge is 0.128 e. The van der Waals surface area contributed by atoms with E-state index >= 15 is 0 Å². The molecule has 0 fully saturated rings. The van der Waals surface area contributed by atoms with Crippen LogP contribution >= 0.6 is 0 Å². The first-order valence-electron chi connectivity index (χ1n) is 8.29. The summed E-state index contributed by atoms with van der Waals surface area (Å²) in [5.74, 6) is 0.840. The highest BCUT2D eigenvalue weighted by Crippen LogP contribution is 2.35. The minimum absolute atomic E-state index is 0.840. The third-order valence-electron chi connectivity index (χ3n) is 4.75. The Kier molecular flexibility index (Phi) is 3.01. The summed E-state index contributed by atoms with van der Waals surface area (Å²) in [5.41, 5.74) is 4.36. The normalized spacial score (nSPS) is 11.4.